The summed E-state index contributed by atoms with van der Waals surface area (Å²) in [5.41, 5.74) is 0. The van der Waals surface area contributed by atoms with E-state index in [-0.39, 0.29) is 6.61 Å². The van der Waals surface area contributed by atoms with Crippen LogP contribution in [-0.2, 0) is 28.4 Å². The van der Waals surface area contributed by atoms with Crippen molar-refractivity contribution in [1.82, 2.24) is 0 Å². The van der Waals surface area contributed by atoms with Crippen LogP contribution >= 0.6 is 0 Å². The third kappa shape index (κ3) is 6.58. The van der Waals surface area contributed by atoms with Gasteiger partial charge in [0, 0.05) is 6.61 Å². The number of aliphatic hydroxyl groups is 10. The lowest BCUT2D eigenvalue weighted by Gasteiger charge is -2.48. The van der Waals surface area contributed by atoms with Gasteiger partial charge in [0.15, 0.2) is 18.9 Å². The Morgan fingerprint density at radius 3 is 1.41 bits per heavy atom. The highest BCUT2D eigenvalue weighted by Crippen LogP contribution is 2.33. The molecule has 3 rings (SSSR count). The molecule has 37 heavy (non-hydrogen) atoms. The Bertz CT molecular complexity index is 685. The van der Waals surface area contributed by atoms with Crippen LogP contribution < -0.4 is 0 Å². The maximum absolute atomic E-state index is 10.8. The first-order valence-corrected chi connectivity index (χ1v) is 12.1. The minimum absolute atomic E-state index is 0.141. The molecule has 16 nitrogen and oxygen atoms in total. The van der Waals surface area contributed by atoms with Gasteiger partial charge in [-0.15, -0.1) is 0 Å². The van der Waals surface area contributed by atoms with Gasteiger partial charge in [0.25, 0.3) is 0 Å². The van der Waals surface area contributed by atoms with Crippen LogP contribution in [0.5, 0.6) is 0 Å². The monoisotopic (exact) mass is 546 g/mol. The summed E-state index contributed by atoms with van der Waals surface area (Å²) in [4.78, 5) is 0. The molecule has 3 fully saturated rings. The van der Waals surface area contributed by atoms with Gasteiger partial charge < -0.3 is 79.5 Å². The number of ether oxygens (including phenoxy) is 6. The standard InChI is InChI=1S/C21H38O16/c1-2-3-32-20-17(14(29)11(26)8(5-23)34-20)37-21-18(15(30)12(27)9(6-24)35-21)36-19-16(31)13(28)10(25)7(4-22)33-19/h7-31H,2-6H2,1H3/t7-,8-,9-,10-,11-,12-,13+,14+,15+,16+,17+,18+,19-,20+,21-/m1/s1. The topological polar surface area (TPSA) is 258 Å². The van der Waals surface area contributed by atoms with E-state index < -0.39 is 112 Å². The lowest BCUT2D eigenvalue weighted by molar-refractivity contribution is -0.393. The van der Waals surface area contributed by atoms with E-state index >= 15 is 0 Å². The summed E-state index contributed by atoms with van der Waals surface area (Å²) in [6.07, 6.45) is -23.6. The molecule has 0 bridgehead atoms. The molecule has 10 N–H and O–H groups in total. The zero-order valence-corrected chi connectivity index (χ0v) is 20.1. The molecule has 15 atom stereocenters. The maximum Gasteiger partial charge on any atom is 0.187 e. The minimum atomic E-state index is -1.87. The Morgan fingerprint density at radius 2 is 0.919 bits per heavy atom. The molecule has 0 aromatic carbocycles. The third-order valence-corrected chi connectivity index (χ3v) is 6.57. The van der Waals surface area contributed by atoms with Crippen molar-refractivity contribution in [3.05, 3.63) is 0 Å². The number of hydrogen-bond donors (Lipinski definition) is 10. The Hall–Kier alpha value is -0.640. The molecule has 0 spiro atoms. The molecule has 3 aliphatic heterocycles. The van der Waals surface area contributed by atoms with Crippen LogP contribution in [0.3, 0.4) is 0 Å². The van der Waals surface area contributed by atoms with Gasteiger partial charge >= 0.3 is 0 Å². The molecule has 218 valence electrons. The zero-order chi connectivity index (χ0) is 27.4. The molecule has 0 aromatic heterocycles. The van der Waals surface area contributed by atoms with E-state index in [9.17, 15) is 51.1 Å². The SMILES string of the molecule is CCCO[C@H]1O[C@H](CO)[C@@H](O)[C@H](O)[C@@H]1O[C@H]1O[C@H](CO)[C@@H](O)[C@H](O)[C@@H]1O[C@H]1O[C@H](CO)[C@@H](O)[C@H](O)[C@@H]1O. The van der Waals surface area contributed by atoms with Gasteiger partial charge in [-0.3, -0.25) is 0 Å². The quantitative estimate of drug-likeness (QED) is 0.122. The van der Waals surface area contributed by atoms with Gasteiger partial charge in [-0.1, -0.05) is 6.92 Å². The van der Waals surface area contributed by atoms with Crippen molar-refractivity contribution in [2.45, 2.75) is 105 Å². The molecule has 3 heterocycles. The first-order valence-electron chi connectivity index (χ1n) is 12.1. The van der Waals surface area contributed by atoms with Crippen LogP contribution in [-0.4, -0.2) is 170 Å². The van der Waals surface area contributed by atoms with Crippen LogP contribution in [0.25, 0.3) is 0 Å². The van der Waals surface area contributed by atoms with E-state index in [1.165, 1.54) is 0 Å². The van der Waals surface area contributed by atoms with E-state index in [0.717, 1.165) is 0 Å². The second kappa shape index (κ2) is 13.6. The molecule has 16 heteroatoms. The second-order valence-electron chi connectivity index (χ2n) is 9.18. The predicted octanol–water partition coefficient (Wildman–Crippen LogP) is -6.14. The number of rotatable bonds is 10. The van der Waals surface area contributed by atoms with Crippen LogP contribution in [0.1, 0.15) is 13.3 Å². The molecule has 0 aromatic rings. The summed E-state index contributed by atoms with van der Waals surface area (Å²) in [6, 6.07) is 0. The van der Waals surface area contributed by atoms with Gasteiger partial charge in [-0.25, -0.2) is 0 Å². The lowest BCUT2D eigenvalue weighted by atomic mass is 9.96. The molecule has 3 saturated heterocycles. The summed E-state index contributed by atoms with van der Waals surface area (Å²) in [5, 5.41) is 101. The van der Waals surface area contributed by atoms with Crippen molar-refractivity contribution >= 4 is 0 Å². The Morgan fingerprint density at radius 1 is 0.514 bits per heavy atom. The first kappa shape index (κ1) is 30.9. The highest BCUT2D eigenvalue weighted by molar-refractivity contribution is 4.96. The van der Waals surface area contributed by atoms with E-state index in [1.54, 1.807) is 6.92 Å². The average Bonchev–Trinajstić information content (AvgIpc) is 2.90. The summed E-state index contributed by atoms with van der Waals surface area (Å²) < 4.78 is 33.3. The van der Waals surface area contributed by atoms with E-state index in [2.05, 4.69) is 0 Å². The van der Waals surface area contributed by atoms with Crippen molar-refractivity contribution < 1.29 is 79.5 Å². The van der Waals surface area contributed by atoms with Crippen molar-refractivity contribution in [1.29, 1.82) is 0 Å². The molecule has 0 saturated carbocycles. The van der Waals surface area contributed by atoms with Gasteiger partial charge in [0.05, 0.1) is 19.8 Å². The normalized spacial score (nSPS) is 49.2. The van der Waals surface area contributed by atoms with Crippen molar-refractivity contribution in [3.8, 4) is 0 Å². The van der Waals surface area contributed by atoms with Crippen LogP contribution in [0.15, 0.2) is 0 Å². The smallest absolute Gasteiger partial charge is 0.187 e. The van der Waals surface area contributed by atoms with Crippen LogP contribution in [0.2, 0.25) is 0 Å². The second-order valence-corrected chi connectivity index (χ2v) is 9.18. The fraction of sp³-hybridized carbons (Fsp3) is 1.00. The Kier molecular flexibility index (Phi) is 11.4. The largest absolute Gasteiger partial charge is 0.394 e. The zero-order valence-electron chi connectivity index (χ0n) is 20.1. The maximum atomic E-state index is 10.8. The summed E-state index contributed by atoms with van der Waals surface area (Å²) in [6.45, 7) is -0.222. The number of hydrogen-bond acceptors (Lipinski definition) is 16. The molecular formula is C21H38O16. The summed E-state index contributed by atoms with van der Waals surface area (Å²) in [5.74, 6) is 0. The van der Waals surface area contributed by atoms with E-state index in [4.69, 9.17) is 28.4 Å². The molecule has 0 aliphatic carbocycles. The molecule has 0 radical (unpaired) electrons. The average molecular weight is 547 g/mol. The van der Waals surface area contributed by atoms with Crippen LogP contribution in [0, 0.1) is 0 Å². The summed E-state index contributed by atoms with van der Waals surface area (Å²) in [7, 11) is 0. The minimum Gasteiger partial charge on any atom is -0.394 e. The number of aliphatic hydroxyl groups excluding tert-OH is 10. The third-order valence-electron chi connectivity index (χ3n) is 6.57. The highest BCUT2D eigenvalue weighted by atomic mass is 16.8. The van der Waals surface area contributed by atoms with Gasteiger partial charge in [0.2, 0.25) is 0 Å². The summed E-state index contributed by atoms with van der Waals surface area (Å²) >= 11 is 0. The molecule has 0 unspecified atom stereocenters. The lowest BCUT2D eigenvalue weighted by Crippen LogP contribution is -2.67. The van der Waals surface area contributed by atoms with Gasteiger partial charge in [-0.2, -0.15) is 0 Å². The molecule has 3 aliphatic rings. The predicted molar refractivity (Wildman–Crippen MR) is 115 cm³/mol. The fourth-order valence-corrected chi connectivity index (χ4v) is 4.37. The Labute approximate surface area is 212 Å². The van der Waals surface area contributed by atoms with Gasteiger partial charge in [0.1, 0.15) is 73.2 Å². The fourth-order valence-electron chi connectivity index (χ4n) is 4.37. The van der Waals surface area contributed by atoms with Crippen molar-refractivity contribution in [2.24, 2.45) is 0 Å². The van der Waals surface area contributed by atoms with E-state index in [1.807, 2.05) is 0 Å². The van der Waals surface area contributed by atoms with Crippen molar-refractivity contribution in [2.75, 3.05) is 26.4 Å². The van der Waals surface area contributed by atoms with Gasteiger partial charge in [-0.05, 0) is 6.42 Å². The van der Waals surface area contributed by atoms with Crippen LogP contribution in [0.4, 0.5) is 0 Å². The van der Waals surface area contributed by atoms with Crippen molar-refractivity contribution in [3.63, 3.8) is 0 Å². The first-order chi connectivity index (χ1) is 17.6. The van der Waals surface area contributed by atoms with E-state index in [0.29, 0.717) is 6.42 Å². The highest BCUT2D eigenvalue weighted by Gasteiger charge is 2.54. The molecule has 0 amide bonds. The Balaban J connectivity index is 1.86. The molecular weight excluding hydrogens is 508 g/mol.